The van der Waals surface area contributed by atoms with Crippen molar-refractivity contribution in [2.75, 3.05) is 5.32 Å². The maximum Gasteiger partial charge on any atom is 0.243 e. The van der Waals surface area contributed by atoms with Crippen molar-refractivity contribution in [3.05, 3.63) is 41.9 Å². The molecule has 22 heavy (non-hydrogen) atoms. The van der Waals surface area contributed by atoms with Crippen molar-refractivity contribution in [1.82, 2.24) is 9.88 Å². The number of nitrogens with one attached hydrogen (secondary N) is 2. The molecule has 0 bridgehead atoms. The minimum Gasteiger partial charge on any atom is -0.360 e. The summed E-state index contributed by atoms with van der Waals surface area (Å²) in [5.41, 5.74) is 0. The molecule has 1 aromatic carbocycles. The molecule has 0 aliphatic carbocycles. The maximum absolute atomic E-state index is 12.8. The molecule has 0 radical (unpaired) electrons. The summed E-state index contributed by atoms with van der Waals surface area (Å²) in [6.45, 7) is 3.03. The predicted molar refractivity (Wildman–Crippen MR) is 76.1 cm³/mol. The Bertz CT molecular complexity index is 771. The van der Waals surface area contributed by atoms with Gasteiger partial charge in [0.15, 0.2) is 5.82 Å². The lowest BCUT2D eigenvalue weighted by atomic mass is 10.3. The summed E-state index contributed by atoms with van der Waals surface area (Å²) < 4.78 is 43.9. The van der Waals surface area contributed by atoms with Crippen LogP contribution in [0.1, 0.15) is 12.7 Å². The van der Waals surface area contributed by atoms with E-state index in [0.717, 1.165) is 24.3 Å². The average Bonchev–Trinajstić information content (AvgIpc) is 2.84. The van der Waals surface area contributed by atoms with E-state index in [0.29, 0.717) is 5.76 Å². The fourth-order valence-corrected chi connectivity index (χ4v) is 2.83. The van der Waals surface area contributed by atoms with Gasteiger partial charge in [0.05, 0.1) is 10.9 Å². The van der Waals surface area contributed by atoms with E-state index in [2.05, 4.69) is 15.2 Å². The second-order valence-electron chi connectivity index (χ2n) is 4.61. The highest BCUT2D eigenvalue weighted by atomic mass is 32.2. The number of halogens is 1. The number of aryl methyl sites for hydroxylation is 1. The lowest BCUT2D eigenvalue weighted by molar-refractivity contribution is -0.117. The molecule has 0 fully saturated rings. The zero-order chi connectivity index (χ0) is 16.3. The van der Waals surface area contributed by atoms with Gasteiger partial charge in [-0.15, -0.1) is 0 Å². The van der Waals surface area contributed by atoms with E-state index in [1.165, 1.54) is 13.0 Å². The Morgan fingerprint density at radius 1 is 1.32 bits per heavy atom. The number of sulfonamides is 1. The van der Waals surface area contributed by atoms with Gasteiger partial charge in [0.2, 0.25) is 15.9 Å². The lowest BCUT2D eigenvalue weighted by Gasteiger charge is -2.13. The minimum absolute atomic E-state index is 0.133. The quantitative estimate of drug-likeness (QED) is 0.865. The van der Waals surface area contributed by atoms with Crippen molar-refractivity contribution in [3.8, 4) is 0 Å². The standard InChI is InChI=1S/C13H14FN3O4S/c1-8-7-12(16-21-8)15-13(18)9(2)17-22(19,20)11-5-3-10(14)4-6-11/h3-7,9,17H,1-2H3,(H,15,16,18)/t9-/m0/s1. The summed E-state index contributed by atoms with van der Waals surface area (Å²) in [6, 6.07) is 4.73. The van der Waals surface area contributed by atoms with Crippen molar-refractivity contribution in [2.45, 2.75) is 24.8 Å². The van der Waals surface area contributed by atoms with Gasteiger partial charge in [-0.25, -0.2) is 12.8 Å². The van der Waals surface area contributed by atoms with E-state index >= 15 is 0 Å². The topological polar surface area (TPSA) is 101 Å². The van der Waals surface area contributed by atoms with Crippen molar-refractivity contribution in [3.63, 3.8) is 0 Å². The van der Waals surface area contributed by atoms with Crippen LogP contribution in [0.5, 0.6) is 0 Å². The summed E-state index contributed by atoms with van der Waals surface area (Å²) in [5, 5.41) is 5.99. The van der Waals surface area contributed by atoms with E-state index in [9.17, 15) is 17.6 Å². The monoisotopic (exact) mass is 327 g/mol. The molecule has 0 unspecified atom stereocenters. The van der Waals surface area contributed by atoms with Crippen molar-refractivity contribution in [2.24, 2.45) is 0 Å². The first kappa shape index (κ1) is 16.1. The number of amides is 1. The van der Waals surface area contributed by atoms with Crippen LogP contribution in [0.4, 0.5) is 10.2 Å². The summed E-state index contributed by atoms with van der Waals surface area (Å²) >= 11 is 0. The molecule has 118 valence electrons. The van der Waals surface area contributed by atoms with Crippen LogP contribution in [0, 0.1) is 12.7 Å². The lowest BCUT2D eigenvalue weighted by Crippen LogP contribution is -2.41. The Balaban J connectivity index is 2.05. The van der Waals surface area contributed by atoms with E-state index in [-0.39, 0.29) is 10.7 Å². The normalized spacial score (nSPS) is 12.9. The number of aromatic nitrogens is 1. The Hall–Kier alpha value is -2.26. The molecular formula is C13H14FN3O4S. The first-order valence-electron chi connectivity index (χ1n) is 6.30. The van der Waals surface area contributed by atoms with Crippen LogP contribution >= 0.6 is 0 Å². The highest BCUT2D eigenvalue weighted by molar-refractivity contribution is 7.89. The predicted octanol–water partition coefficient (Wildman–Crippen LogP) is 1.43. The fourth-order valence-electron chi connectivity index (χ4n) is 1.63. The molecule has 0 saturated heterocycles. The third kappa shape index (κ3) is 3.89. The van der Waals surface area contributed by atoms with Gasteiger partial charge in [0.25, 0.3) is 0 Å². The van der Waals surface area contributed by atoms with Gasteiger partial charge in [-0.2, -0.15) is 4.72 Å². The van der Waals surface area contributed by atoms with Crippen molar-refractivity contribution >= 4 is 21.7 Å². The molecule has 9 heteroatoms. The SMILES string of the molecule is Cc1cc(NC(=O)[C@H](C)NS(=O)(=O)c2ccc(F)cc2)no1. The van der Waals surface area contributed by atoms with Crippen LogP contribution in [0.2, 0.25) is 0 Å². The van der Waals surface area contributed by atoms with Crippen molar-refractivity contribution < 1.29 is 22.1 Å². The third-order valence-corrected chi connectivity index (χ3v) is 4.29. The minimum atomic E-state index is -3.93. The smallest absolute Gasteiger partial charge is 0.243 e. The van der Waals surface area contributed by atoms with Crippen LogP contribution < -0.4 is 10.0 Å². The van der Waals surface area contributed by atoms with Gasteiger partial charge < -0.3 is 9.84 Å². The summed E-state index contributed by atoms with van der Waals surface area (Å²) in [7, 11) is -3.93. The number of hydrogen-bond donors (Lipinski definition) is 2. The molecule has 7 nitrogen and oxygen atoms in total. The Kier molecular flexibility index (Phi) is 4.57. The van der Waals surface area contributed by atoms with Gasteiger partial charge >= 0.3 is 0 Å². The number of rotatable bonds is 5. The maximum atomic E-state index is 12.8. The van der Waals surface area contributed by atoms with Gasteiger partial charge in [-0.05, 0) is 38.1 Å². The molecule has 0 aliphatic rings. The van der Waals surface area contributed by atoms with E-state index in [4.69, 9.17) is 4.52 Å². The number of anilines is 1. The fraction of sp³-hybridized carbons (Fsp3) is 0.231. The number of hydrogen-bond acceptors (Lipinski definition) is 5. The van der Waals surface area contributed by atoms with Crippen LogP contribution in [0.25, 0.3) is 0 Å². The molecule has 1 atom stereocenters. The summed E-state index contributed by atoms with van der Waals surface area (Å²) in [5.74, 6) is -0.449. The molecule has 2 N–H and O–H groups in total. The largest absolute Gasteiger partial charge is 0.360 e. The average molecular weight is 327 g/mol. The molecular weight excluding hydrogens is 313 g/mol. The van der Waals surface area contributed by atoms with Crippen LogP contribution in [-0.2, 0) is 14.8 Å². The second kappa shape index (κ2) is 6.24. The first-order valence-corrected chi connectivity index (χ1v) is 7.78. The number of benzene rings is 1. The highest BCUT2D eigenvalue weighted by Gasteiger charge is 2.22. The Morgan fingerprint density at radius 2 is 1.95 bits per heavy atom. The van der Waals surface area contributed by atoms with Crippen LogP contribution in [0.15, 0.2) is 39.8 Å². The first-order chi connectivity index (χ1) is 10.3. The number of carbonyl (C=O) groups excluding carboxylic acids is 1. The van der Waals surface area contributed by atoms with E-state index < -0.39 is 27.8 Å². The molecule has 0 spiro atoms. The van der Waals surface area contributed by atoms with E-state index in [1.54, 1.807) is 6.92 Å². The Morgan fingerprint density at radius 3 is 2.50 bits per heavy atom. The van der Waals surface area contributed by atoms with E-state index in [1.807, 2.05) is 0 Å². The molecule has 2 rings (SSSR count). The second-order valence-corrected chi connectivity index (χ2v) is 6.32. The van der Waals surface area contributed by atoms with Gasteiger partial charge in [0, 0.05) is 6.07 Å². The van der Waals surface area contributed by atoms with Crippen molar-refractivity contribution in [1.29, 1.82) is 0 Å². The molecule has 0 aliphatic heterocycles. The summed E-state index contributed by atoms with van der Waals surface area (Å²) in [6.07, 6.45) is 0. The third-order valence-electron chi connectivity index (χ3n) is 2.73. The number of carbonyl (C=O) groups is 1. The summed E-state index contributed by atoms with van der Waals surface area (Å²) in [4.78, 5) is 11.8. The Labute approximate surface area is 126 Å². The van der Waals surface area contributed by atoms with Gasteiger partial charge in [0.1, 0.15) is 11.6 Å². The highest BCUT2D eigenvalue weighted by Crippen LogP contribution is 2.11. The zero-order valence-corrected chi connectivity index (χ0v) is 12.6. The molecule has 1 heterocycles. The van der Waals surface area contributed by atoms with Crippen LogP contribution in [-0.4, -0.2) is 25.5 Å². The molecule has 1 amide bonds. The van der Waals surface area contributed by atoms with Crippen LogP contribution in [0.3, 0.4) is 0 Å². The zero-order valence-electron chi connectivity index (χ0n) is 11.8. The molecule has 2 aromatic rings. The molecule has 1 aromatic heterocycles. The molecule has 0 saturated carbocycles. The van der Waals surface area contributed by atoms with Gasteiger partial charge in [-0.1, -0.05) is 5.16 Å². The van der Waals surface area contributed by atoms with Gasteiger partial charge in [-0.3, -0.25) is 4.79 Å². The number of nitrogens with zero attached hydrogens (tertiary/aromatic N) is 1.